The quantitative estimate of drug-likeness (QED) is 0.0901. The number of carbonyl (C=O) groups excluding carboxylic acids is 4. The Bertz CT molecular complexity index is 1340. The van der Waals surface area contributed by atoms with Gasteiger partial charge in [0.15, 0.2) is 0 Å². The lowest BCUT2D eigenvalue weighted by Gasteiger charge is -2.34. The van der Waals surface area contributed by atoms with E-state index in [9.17, 15) is 29.4 Å². The van der Waals surface area contributed by atoms with E-state index < -0.39 is 54.1 Å². The average Bonchev–Trinajstić information content (AvgIpc) is 3.92. The number of epoxide rings is 1. The van der Waals surface area contributed by atoms with E-state index in [4.69, 9.17) is 28.4 Å². The van der Waals surface area contributed by atoms with E-state index in [1.165, 1.54) is 6.92 Å². The lowest BCUT2D eigenvalue weighted by molar-refractivity contribution is -0.162. The first-order valence-corrected chi connectivity index (χ1v) is 19.4. The average molecular weight is 765 g/mol. The summed E-state index contributed by atoms with van der Waals surface area (Å²) in [6, 6.07) is 0. The summed E-state index contributed by atoms with van der Waals surface area (Å²) in [5.74, 6) is -1.60. The summed E-state index contributed by atoms with van der Waals surface area (Å²) in [5, 5.41) is 21.7. The molecule has 54 heavy (non-hydrogen) atoms. The van der Waals surface area contributed by atoms with Gasteiger partial charge in [-0.2, -0.15) is 0 Å². The molecule has 0 aromatic rings. The minimum Gasteiger partial charge on any atom is -0.459 e. The zero-order valence-corrected chi connectivity index (χ0v) is 33.6. The lowest BCUT2D eigenvalue weighted by atomic mass is 9.89. The number of hydrogen-bond donors (Lipinski definition) is 2. The molecule has 11 atom stereocenters. The van der Waals surface area contributed by atoms with Gasteiger partial charge in [0.2, 0.25) is 0 Å². The van der Waals surface area contributed by atoms with Gasteiger partial charge in [-0.25, -0.2) is 9.59 Å². The van der Waals surface area contributed by atoms with Gasteiger partial charge >= 0.3 is 24.1 Å². The molecule has 2 fully saturated rings. The van der Waals surface area contributed by atoms with Crippen molar-refractivity contribution in [2.45, 2.75) is 136 Å². The van der Waals surface area contributed by atoms with Gasteiger partial charge in [-0.05, 0) is 45.6 Å². The zero-order chi connectivity index (χ0) is 40.2. The Kier molecular flexibility index (Phi) is 17.5. The number of nitrogens with zero attached hydrogens (tertiary/aromatic N) is 2. The molecule has 3 aliphatic heterocycles. The topological polar surface area (TPSA) is 174 Å². The second kappa shape index (κ2) is 21.0. The van der Waals surface area contributed by atoms with Gasteiger partial charge in [0.1, 0.15) is 24.4 Å². The Morgan fingerprint density at radius 2 is 1.72 bits per heavy atom. The van der Waals surface area contributed by atoms with Crippen LogP contribution in [0, 0.1) is 17.8 Å². The molecular formula is C40H64N2O12. The van der Waals surface area contributed by atoms with Crippen molar-refractivity contribution in [3.8, 4) is 0 Å². The number of amides is 2. The number of cyclic esters (lactones) is 1. The van der Waals surface area contributed by atoms with Gasteiger partial charge in [0, 0.05) is 64.4 Å². The number of hydrogen-bond acceptors (Lipinski definition) is 12. The van der Waals surface area contributed by atoms with Crippen LogP contribution in [0.4, 0.5) is 9.59 Å². The number of esters is 2. The number of aliphatic hydroxyl groups excluding tert-OH is 1. The van der Waals surface area contributed by atoms with Crippen molar-refractivity contribution < 1.29 is 57.8 Å². The Balaban J connectivity index is 1.79. The maximum atomic E-state index is 13.5. The molecule has 2 N–H and O–H groups in total. The second-order valence-corrected chi connectivity index (χ2v) is 15.1. The fourth-order valence-corrected chi connectivity index (χ4v) is 7.19. The number of methoxy groups -OCH3 is 1. The first kappa shape index (κ1) is 44.9. The van der Waals surface area contributed by atoms with Crippen LogP contribution in [0.3, 0.4) is 0 Å². The molecule has 0 spiro atoms. The van der Waals surface area contributed by atoms with Crippen LogP contribution < -0.4 is 0 Å². The zero-order valence-electron chi connectivity index (χ0n) is 33.6. The van der Waals surface area contributed by atoms with E-state index in [-0.39, 0.29) is 68.4 Å². The molecule has 0 aromatic heterocycles. The van der Waals surface area contributed by atoms with Gasteiger partial charge in [-0.3, -0.25) is 9.59 Å². The summed E-state index contributed by atoms with van der Waals surface area (Å²) >= 11 is 0. The number of piperazine rings is 1. The molecule has 11 unspecified atom stereocenters. The fourth-order valence-electron chi connectivity index (χ4n) is 7.19. The first-order valence-electron chi connectivity index (χ1n) is 19.4. The normalized spacial score (nSPS) is 31.5. The predicted octanol–water partition coefficient (Wildman–Crippen LogP) is 4.95. The highest BCUT2D eigenvalue weighted by Crippen LogP contribution is 2.39. The van der Waals surface area contributed by atoms with E-state index in [2.05, 4.69) is 13.8 Å². The minimum absolute atomic E-state index is 0.0142. The van der Waals surface area contributed by atoms with Gasteiger partial charge in [-0.1, -0.05) is 58.1 Å². The molecule has 14 nitrogen and oxygen atoms in total. The summed E-state index contributed by atoms with van der Waals surface area (Å²) < 4.78 is 34.4. The Morgan fingerprint density at radius 3 is 2.31 bits per heavy atom. The monoisotopic (exact) mass is 764 g/mol. The van der Waals surface area contributed by atoms with Crippen molar-refractivity contribution in [1.29, 1.82) is 0 Å². The van der Waals surface area contributed by atoms with Gasteiger partial charge in [-0.15, -0.1) is 0 Å². The van der Waals surface area contributed by atoms with Crippen LogP contribution in [-0.4, -0.2) is 132 Å². The summed E-state index contributed by atoms with van der Waals surface area (Å²) in [4.78, 5) is 53.6. The number of aliphatic hydroxyl groups is 2. The lowest BCUT2D eigenvalue weighted by Crippen LogP contribution is -2.51. The van der Waals surface area contributed by atoms with E-state index >= 15 is 0 Å². The third kappa shape index (κ3) is 13.1. The third-order valence-corrected chi connectivity index (χ3v) is 10.7. The molecule has 3 rings (SSSR count). The Labute approximate surface area is 320 Å². The molecular weight excluding hydrogens is 700 g/mol. The molecule has 3 heterocycles. The van der Waals surface area contributed by atoms with Crippen LogP contribution >= 0.6 is 0 Å². The van der Waals surface area contributed by atoms with Gasteiger partial charge in [0.25, 0.3) is 0 Å². The molecule has 0 aliphatic carbocycles. The third-order valence-electron chi connectivity index (χ3n) is 10.7. The molecule has 14 heteroatoms. The summed E-state index contributed by atoms with van der Waals surface area (Å²) in [5.41, 5.74) is -0.671. The van der Waals surface area contributed by atoms with E-state index in [0.29, 0.717) is 26.2 Å². The van der Waals surface area contributed by atoms with E-state index in [1.54, 1.807) is 30.8 Å². The summed E-state index contributed by atoms with van der Waals surface area (Å²) in [7, 11) is 1.68. The summed E-state index contributed by atoms with van der Waals surface area (Å²) in [6.45, 7) is 16.0. The molecule has 2 saturated heterocycles. The largest absolute Gasteiger partial charge is 0.459 e. The molecule has 306 valence electrons. The molecule has 0 radical (unpaired) electrons. The van der Waals surface area contributed by atoms with Crippen LogP contribution in [0.1, 0.15) is 87.5 Å². The maximum absolute atomic E-state index is 13.5. The second-order valence-electron chi connectivity index (χ2n) is 15.1. The van der Waals surface area contributed by atoms with E-state index in [1.807, 2.05) is 51.2 Å². The highest BCUT2D eigenvalue weighted by atomic mass is 16.6. The van der Waals surface area contributed by atoms with Gasteiger partial charge < -0.3 is 48.4 Å². The molecule has 0 saturated carbocycles. The molecule has 3 aliphatic rings. The number of rotatable bonds is 12. The SMILES string of the molecule is CCOC(=O)N1CCN(C(=O)OC(C(C)/C=C/C=C(\C)C2OC(=O)CC(O)CCC(C)(O)C(OC(C)=O)C/C=C/C2C)C2OC2C(C)C(CC)OC)CC1. The standard InChI is InChI=1S/C40H64N2O12/c1-10-31(49-9)28(6)36-37(53-36)35(54-39(47)42-22-20-41(21-23-42)38(46)50-11-2)27(5)15-12-14-25(3)34-26(4)16-13-17-32(51-29(7)43)40(8,48)19-18-30(44)24-33(45)52-34/h12-16,26-28,30-32,34-37,44,48H,10-11,17-24H2,1-9H3/b15-12+,16-13+,25-14+. The van der Waals surface area contributed by atoms with Crippen molar-refractivity contribution in [3.05, 3.63) is 36.0 Å². The molecule has 2 amide bonds. The Morgan fingerprint density at radius 1 is 1.07 bits per heavy atom. The Hall–Kier alpha value is -3.46. The predicted molar refractivity (Wildman–Crippen MR) is 200 cm³/mol. The van der Waals surface area contributed by atoms with Crippen molar-refractivity contribution in [3.63, 3.8) is 0 Å². The highest BCUT2D eigenvalue weighted by Gasteiger charge is 2.53. The van der Waals surface area contributed by atoms with Crippen LogP contribution in [0.5, 0.6) is 0 Å². The number of carbonyl (C=O) groups is 4. The molecule has 0 bridgehead atoms. The van der Waals surface area contributed by atoms with Crippen LogP contribution in [0.25, 0.3) is 0 Å². The van der Waals surface area contributed by atoms with Crippen molar-refractivity contribution in [2.75, 3.05) is 39.9 Å². The summed E-state index contributed by atoms with van der Waals surface area (Å²) in [6.07, 6.45) is 5.75. The maximum Gasteiger partial charge on any atom is 0.410 e. The highest BCUT2D eigenvalue weighted by molar-refractivity contribution is 5.71. The van der Waals surface area contributed by atoms with Crippen molar-refractivity contribution in [2.24, 2.45) is 17.8 Å². The number of ether oxygens (including phenoxy) is 6. The molecule has 0 aromatic carbocycles. The number of allylic oxidation sites excluding steroid dienone is 2. The van der Waals surface area contributed by atoms with E-state index in [0.717, 1.165) is 12.0 Å². The minimum atomic E-state index is -1.41. The van der Waals surface area contributed by atoms with Crippen LogP contribution in [0.2, 0.25) is 0 Å². The smallest absolute Gasteiger partial charge is 0.410 e. The first-order chi connectivity index (χ1) is 25.5. The van der Waals surface area contributed by atoms with Crippen LogP contribution in [-0.2, 0) is 38.0 Å². The van der Waals surface area contributed by atoms with Crippen molar-refractivity contribution in [1.82, 2.24) is 9.80 Å². The van der Waals surface area contributed by atoms with Crippen LogP contribution in [0.15, 0.2) is 36.0 Å². The van der Waals surface area contributed by atoms with Crippen molar-refractivity contribution >= 4 is 24.1 Å². The fraction of sp³-hybridized carbons (Fsp3) is 0.750. The van der Waals surface area contributed by atoms with Gasteiger partial charge in [0.05, 0.1) is 36.9 Å².